The van der Waals surface area contributed by atoms with Gasteiger partial charge in [0.15, 0.2) is 0 Å². The van der Waals surface area contributed by atoms with Crippen LogP contribution in [-0.4, -0.2) is 41.4 Å². The summed E-state index contributed by atoms with van der Waals surface area (Å²) in [6.45, 7) is 0. The minimum atomic E-state index is -5.62. The van der Waals surface area contributed by atoms with E-state index in [9.17, 15) is 53.9 Å². The molecule has 0 saturated heterocycles. The molecule has 0 aliphatic rings. The molecule has 0 aliphatic heterocycles. The standard InChI is InChI=1S/C14H11F3N2O.C4F6O3/c15-14(16,17)13(20)19-12-3-1-10(2-4-12)9-11-5-7-18-8-6-11;5-3(6,7)1(11)13-2(12)4(8,9)10/h1-8H,9H2,(H,19,20);. The number of rotatable bonds is 3. The average Bonchev–Trinajstić information content (AvgIpc) is 2.68. The number of carbonyl (C=O) groups is 3. The molecule has 1 heterocycles. The molecule has 0 aliphatic carbocycles. The van der Waals surface area contributed by atoms with Gasteiger partial charge in [0.1, 0.15) is 0 Å². The van der Waals surface area contributed by atoms with Crippen molar-refractivity contribution in [2.24, 2.45) is 0 Å². The second-order valence-electron chi connectivity index (χ2n) is 5.85. The molecule has 0 unspecified atom stereocenters. The van der Waals surface area contributed by atoms with Gasteiger partial charge in [0, 0.05) is 18.1 Å². The molecule has 0 bridgehead atoms. The first-order valence-corrected chi connectivity index (χ1v) is 8.26. The molecule has 1 N–H and O–H groups in total. The van der Waals surface area contributed by atoms with E-state index in [1.165, 1.54) is 12.1 Å². The summed E-state index contributed by atoms with van der Waals surface area (Å²) >= 11 is 0. The first-order chi connectivity index (χ1) is 15.0. The fraction of sp³-hybridized carbons (Fsp3) is 0.222. The van der Waals surface area contributed by atoms with Crippen molar-refractivity contribution in [3.05, 3.63) is 59.9 Å². The number of aromatic nitrogens is 1. The van der Waals surface area contributed by atoms with Crippen LogP contribution in [0.4, 0.5) is 45.2 Å². The Labute approximate surface area is 178 Å². The van der Waals surface area contributed by atoms with Crippen LogP contribution in [0.15, 0.2) is 48.8 Å². The molecular formula is C18H11F9N2O4. The number of ether oxygens (including phenoxy) is 1. The van der Waals surface area contributed by atoms with Gasteiger partial charge in [-0.15, -0.1) is 0 Å². The Morgan fingerprint density at radius 2 is 1.12 bits per heavy atom. The van der Waals surface area contributed by atoms with Gasteiger partial charge < -0.3 is 10.1 Å². The lowest BCUT2D eigenvalue weighted by Crippen LogP contribution is -2.34. The zero-order valence-corrected chi connectivity index (χ0v) is 15.8. The number of nitrogens with zero attached hydrogens (tertiary/aromatic N) is 1. The molecule has 180 valence electrons. The summed E-state index contributed by atoms with van der Waals surface area (Å²) in [6.07, 6.45) is -12.1. The van der Waals surface area contributed by atoms with Gasteiger partial charge in [0.25, 0.3) is 0 Å². The summed E-state index contributed by atoms with van der Waals surface area (Å²) in [7, 11) is 0. The van der Waals surface area contributed by atoms with Gasteiger partial charge in [-0.3, -0.25) is 9.78 Å². The third-order valence-electron chi connectivity index (χ3n) is 3.28. The van der Waals surface area contributed by atoms with Crippen molar-refractivity contribution in [2.45, 2.75) is 24.9 Å². The third-order valence-corrected chi connectivity index (χ3v) is 3.28. The van der Waals surface area contributed by atoms with Crippen molar-refractivity contribution < 1.29 is 58.6 Å². The van der Waals surface area contributed by atoms with Crippen LogP contribution < -0.4 is 5.32 Å². The average molecular weight is 490 g/mol. The van der Waals surface area contributed by atoms with Crippen LogP contribution in [0.25, 0.3) is 0 Å². The molecule has 2 aromatic rings. The molecular weight excluding hydrogens is 479 g/mol. The molecule has 1 amide bonds. The van der Waals surface area contributed by atoms with Crippen LogP contribution in [0.3, 0.4) is 0 Å². The van der Waals surface area contributed by atoms with Gasteiger partial charge in [-0.05, 0) is 41.8 Å². The van der Waals surface area contributed by atoms with E-state index in [0.29, 0.717) is 6.42 Å². The maximum absolute atomic E-state index is 12.1. The van der Waals surface area contributed by atoms with Crippen LogP contribution in [0.1, 0.15) is 11.1 Å². The van der Waals surface area contributed by atoms with Gasteiger partial charge >= 0.3 is 36.4 Å². The minimum absolute atomic E-state index is 0.116. The maximum atomic E-state index is 12.1. The van der Waals surface area contributed by atoms with Crippen molar-refractivity contribution in [1.82, 2.24) is 4.98 Å². The number of esters is 2. The second-order valence-corrected chi connectivity index (χ2v) is 5.85. The summed E-state index contributed by atoms with van der Waals surface area (Å²) in [4.78, 5) is 34.0. The summed E-state index contributed by atoms with van der Waals surface area (Å²) in [5.41, 5.74) is 2.10. The number of halogens is 9. The minimum Gasteiger partial charge on any atom is -0.380 e. The zero-order chi connectivity index (χ0) is 25.4. The van der Waals surface area contributed by atoms with Crippen LogP contribution >= 0.6 is 0 Å². The normalized spacial score (nSPS) is 11.7. The van der Waals surface area contributed by atoms with E-state index in [-0.39, 0.29) is 5.69 Å². The highest BCUT2D eigenvalue weighted by atomic mass is 19.4. The third kappa shape index (κ3) is 10.0. The van der Waals surface area contributed by atoms with E-state index < -0.39 is 36.4 Å². The summed E-state index contributed by atoms with van der Waals surface area (Å²) < 4.78 is 106. The molecule has 0 saturated carbocycles. The number of benzene rings is 1. The van der Waals surface area contributed by atoms with Crippen molar-refractivity contribution in [3.63, 3.8) is 0 Å². The molecule has 1 aromatic carbocycles. The molecule has 0 radical (unpaired) electrons. The summed E-state index contributed by atoms with van der Waals surface area (Å²) in [6, 6.07) is 9.96. The number of pyridine rings is 1. The van der Waals surface area contributed by atoms with Crippen LogP contribution in [0, 0.1) is 0 Å². The molecule has 2 rings (SSSR count). The van der Waals surface area contributed by atoms with Crippen molar-refractivity contribution in [3.8, 4) is 0 Å². The molecule has 15 heteroatoms. The van der Waals surface area contributed by atoms with E-state index in [2.05, 4.69) is 9.72 Å². The Hall–Kier alpha value is -3.65. The van der Waals surface area contributed by atoms with Crippen molar-refractivity contribution >= 4 is 23.5 Å². The Bertz CT molecular complexity index is 930. The first-order valence-electron chi connectivity index (χ1n) is 8.26. The predicted molar refractivity (Wildman–Crippen MR) is 91.4 cm³/mol. The van der Waals surface area contributed by atoms with Crippen molar-refractivity contribution in [2.75, 3.05) is 5.32 Å². The molecule has 1 aromatic heterocycles. The Morgan fingerprint density at radius 3 is 1.52 bits per heavy atom. The molecule has 33 heavy (non-hydrogen) atoms. The van der Waals surface area contributed by atoms with Crippen molar-refractivity contribution in [1.29, 1.82) is 0 Å². The van der Waals surface area contributed by atoms with Gasteiger partial charge in [-0.25, -0.2) is 9.59 Å². The Kier molecular flexibility index (Phi) is 8.95. The highest BCUT2D eigenvalue weighted by Crippen LogP contribution is 2.22. The van der Waals surface area contributed by atoms with E-state index in [1.54, 1.807) is 29.8 Å². The molecule has 0 atom stereocenters. The summed E-state index contributed by atoms with van der Waals surface area (Å²) in [5, 5.41) is 1.80. The lowest BCUT2D eigenvalue weighted by atomic mass is 10.1. The Balaban J connectivity index is 0.000000366. The molecule has 0 fully saturated rings. The van der Waals surface area contributed by atoms with Gasteiger partial charge in [0.05, 0.1) is 0 Å². The van der Waals surface area contributed by atoms with E-state index in [0.717, 1.165) is 11.1 Å². The quantitative estimate of drug-likeness (QED) is 0.393. The van der Waals surface area contributed by atoms with E-state index in [1.807, 2.05) is 12.1 Å². The lowest BCUT2D eigenvalue weighted by Gasteiger charge is -2.08. The number of alkyl halides is 9. The first kappa shape index (κ1) is 27.4. The van der Waals surface area contributed by atoms with Crippen LogP contribution in [-0.2, 0) is 25.5 Å². The highest BCUT2D eigenvalue weighted by molar-refractivity contribution is 5.94. The molecule has 0 spiro atoms. The van der Waals surface area contributed by atoms with E-state index >= 15 is 0 Å². The van der Waals surface area contributed by atoms with Gasteiger partial charge in [-0.1, -0.05) is 12.1 Å². The van der Waals surface area contributed by atoms with Crippen LogP contribution in [0.2, 0.25) is 0 Å². The fourth-order valence-electron chi connectivity index (χ4n) is 1.84. The largest absolute Gasteiger partial charge is 0.491 e. The number of carbonyl (C=O) groups excluding carboxylic acids is 3. The number of nitrogens with one attached hydrogen (secondary N) is 1. The fourth-order valence-corrected chi connectivity index (χ4v) is 1.84. The van der Waals surface area contributed by atoms with Gasteiger partial charge in [0.2, 0.25) is 0 Å². The number of amides is 1. The number of anilines is 1. The van der Waals surface area contributed by atoms with Gasteiger partial charge in [-0.2, -0.15) is 39.5 Å². The highest BCUT2D eigenvalue weighted by Gasteiger charge is 2.49. The maximum Gasteiger partial charge on any atom is 0.491 e. The monoisotopic (exact) mass is 490 g/mol. The topological polar surface area (TPSA) is 85.4 Å². The summed E-state index contributed by atoms with van der Waals surface area (Å²) in [5.74, 6) is -8.37. The molecule has 6 nitrogen and oxygen atoms in total. The second kappa shape index (κ2) is 10.8. The Morgan fingerprint density at radius 1 is 0.697 bits per heavy atom. The zero-order valence-electron chi connectivity index (χ0n) is 15.8. The van der Waals surface area contributed by atoms with E-state index in [4.69, 9.17) is 0 Å². The van der Waals surface area contributed by atoms with Crippen LogP contribution in [0.5, 0.6) is 0 Å². The number of hydrogen-bond donors (Lipinski definition) is 1. The smallest absolute Gasteiger partial charge is 0.380 e. The SMILES string of the molecule is O=C(Nc1ccc(Cc2ccncc2)cc1)C(F)(F)F.O=C(OC(=O)C(F)(F)F)C(F)(F)F. The predicted octanol–water partition coefficient (Wildman–Crippen LogP) is 4.35. The lowest BCUT2D eigenvalue weighted by molar-refractivity contribution is -0.221. The number of hydrogen-bond acceptors (Lipinski definition) is 5.